The molecule has 1 aromatic heterocycles. The summed E-state index contributed by atoms with van der Waals surface area (Å²) in [6, 6.07) is 14.0. The Morgan fingerprint density at radius 1 is 1.25 bits per heavy atom. The van der Waals surface area contributed by atoms with Crippen molar-refractivity contribution in [2.75, 3.05) is 12.5 Å². The molecule has 32 heavy (non-hydrogen) atoms. The Morgan fingerprint density at radius 3 is 2.75 bits per heavy atom. The number of aromatic carboxylic acids is 1. The van der Waals surface area contributed by atoms with Crippen molar-refractivity contribution in [1.82, 2.24) is 5.01 Å². The Balaban J connectivity index is 1.55. The third kappa shape index (κ3) is 4.23. The van der Waals surface area contributed by atoms with E-state index >= 15 is 0 Å². The first-order chi connectivity index (χ1) is 15.4. The highest BCUT2D eigenvalue weighted by atomic mass is 32.2. The van der Waals surface area contributed by atoms with Crippen LogP contribution < -0.4 is 10.2 Å². The number of rotatable bonds is 6. The van der Waals surface area contributed by atoms with Crippen LogP contribution in [-0.4, -0.2) is 33.4 Å². The van der Waals surface area contributed by atoms with Crippen molar-refractivity contribution in [2.45, 2.75) is 0 Å². The van der Waals surface area contributed by atoms with Gasteiger partial charge in [-0.25, -0.2) is 14.2 Å². The maximum absolute atomic E-state index is 14.0. The van der Waals surface area contributed by atoms with Gasteiger partial charge in [-0.1, -0.05) is 23.9 Å². The summed E-state index contributed by atoms with van der Waals surface area (Å²) in [6.45, 7) is 0. The van der Waals surface area contributed by atoms with E-state index in [2.05, 4.69) is 5.43 Å². The highest BCUT2D eigenvalue weighted by Crippen LogP contribution is 2.34. The number of thioether (sulfide) groups is 1. The average molecular weight is 471 g/mol. The molecule has 2 heterocycles. The van der Waals surface area contributed by atoms with Gasteiger partial charge in [-0.2, -0.15) is 0 Å². The topological polar surface area (TPSA) is 92.0 Å². The molecule has 0 aliphatic carbocycles. The average Bonchev–Trinajstić information content (AvgIpc) is 3.34. The Labute approximate surface area is 191 Å². The molecule has 2 N–H and O–H groups in total. The van der Waals surface area contributed by atoms with Crippen LogP contribution in [0.15, 0.2) is 63.9 Å². The number of amides is 1. The zero-order chi connectivity index (χ0) is 22.8. The number of ether oxygens (including phenoxy) is 1. The van der Waals surface area contributed by atoms with Crippen molar-refractivity contribution in [3.8, 4) is 17.1 Å². The number of thiocarbonyl (C=S) groups is 1. The van der Waals surface area contributed by atoms with E-state index in [1.165, 1.54) is 31.4 Å². The molecule has 1 aliphatic rings. The number of carboxylic acid groups (broad SMARTS) is 1. The van der Waals surface area contributed by atoms with Crippen LogP contribution in [0.1, 0.15) is 16.1 Å². The van der Waals surface area contributed by atoms with Crippen LogP contribution in [0.4, 0.5) is 10.1 Å². The number of hydrazine groups is 1. The number of para-hydroxylation sites is 1. The fourth-order valence-electron chi connectivity index (χ4n) is 2.99. The van der Waals surface area contributed by atoms with E-state index in [-0.39, 0.29) is 26.2 Å². The molecule has 0 spiro atoms. The van der Waals surface area contributed by atoms with Gasteiger partial charge >= 0.3 is 5.97 Å². The number of hydrogen-bond acceptors (Lipinski definition) is 7. The monoisotopic (exact) mass is 470 g/mol. The lowest BCUT2D eigenvalue weighted by Gasteiger charge is -2.18. The summed E-state index contributed by atoms with van der Waals surface area (Å²) in [6.07, 6.45) is 1.52. The van der Waals surface area contributed by atoms with Crippen LogP contribution in [0, 0.1) is 5.82 Å². The Kier molecular flexibility index (Phi) is 5.97. The molecular formula is C22H15FN2O5S2. The highest BCUT2D eigenvalue weighted by molar-refractivity contribution is 8.26. The van der Waals surface area contributed by atoms with Gasteiger partial charge in [0.15, 0.2) is 15.9 Å². The molecular weight excluding hydrogens is 455 g/mol. The van der Waals surface area contributed by atoms with E-state index in [1.54, 1.807) is 36.4 Å². The predicted molar refractivity (Wildman–Crippen MR) is 123 cm³/mol. The quantitative estimate of drug-likeness (QED) is 0.383. The van der Waals surface area contributed by atoms with Crippen LogP contribution in [0.3, 0.4) is 0 Å². The number of carboxylic acids is 1. The molecule has 0 atom stereocenters. The predicted octanol–water partition coefficient (Wildman–Crippen LogP) is 5.02. The fraction of sp³-hybridized carbons (Fsp3) is 0.0455. The SMILES string of the molecule is COc1ccc(-c2ccc(C=C3SC(=S)N(Nc4ccccc4C(=O)O)C3=O)o2)cc1F. The van der Waals surface area contributed by atoms with Crippen LogP contribution in [0.5, 0.6) is 5.75 Å². The van der Waals surface area contributed by atoms with Gasteiger partial charge in [0.1, 0.15) is 11.5 Å². The minimum absolute atomic E-state index is 0.00734. The van der Waals surface area contributed by atoms with E-state index in [0.29, 0.717) is 17.1 Å². The van der Waals surface area contributed by atoms with Gasteiger partial charge in [-0.3, -0.25) is 10.2 Å². The first kappa shape index (κ1) is 21.6. The second-order valence-electron chi connectivity index (χ2n) is 6.53. The van der Waals surface area contributed by atoms with E-state index in [0.717, 1.165) is 16.8 Å². The Hall–Kier alpha value is -3.63. The maximum Gasteiger partial charge on any atom is 0.337 e. The molecule has 0 bridgehead atoms. The van der Waals surface area contributed by atoms with Crippen LogP contribution in [0.25, 0.3) is 17.4 Å². The Morgan fingerprint density at radius 2 is 2.03 bits per heavy atom. The number of hydrogen-bond donors (Lipinski definition) is 2. The Bertz CT molecular complexity index is 1270. The summed E-state index contributed by atoms with van der Waals surface area (Å²) in [5, 5.41) is 10.4. The van der Waals surface area contributed by atoms with Crippen molar-refractivity contribution in [3.63, 3.8) is 0 Å². The zero-order valence-electron chi connectivity index (χ0n) is 16.5. The smallest absolute Gasteiger partial charge is 0.337 e. The number of carbonyl (C=O) groups is 2. The van der Waals surface area contributed by atoms with E-state index in [9.17, 15) is 19.1 Å². The standard InChI is InChI=1S/C22H15FN2O5S2/c1-29-18-8-6-12(10-15(18)23)17-9-7-13(30-17)11-19-20(26)25(22(31)32-19)24-16-5-3-2-4-14(16)21(27)28/h2-11,24H,1H3,(H,27,28). The molecule has 162 valence electrons. The molecule has 0 unspecified atom stereocenters. The van der Waals surface area contributed by atoms with Crippen molar-refractivity contribution in [3.05, 3.63) is 76.6 Å². The van der Waals surface area contributed by atoms with Crippen molar-refractivity contribution < 1.29 is 28.2 Å². The molecule has 3 aromatic rings. The molecule has 1 aliphatic heterocycles. The summed E-state index contributed by atoms with van der Waals surface area (Å²) in [5.41, 5.74) is 3.53. The van der Waals surface area contributed by atoms with Crippen LogP contribution >= 0.6 is 24.0 Å². The number of methoxy groups -OCH3 is 1. The summed E-state index contributed by atoms with van der Waals surface area (Å²) in [5.74, 6) is -1.18. The number of nitrogens with zero attached hydrogens (tertiary/aromatic N) is 1. The number of furan rings is 1. The minimum Gasteiger partial charge on any atom is -0.494 e. The van der Waals surface area contributed by atoms with Crippen LogP contribution in [-0.2, 0) is 4.79 Å². The van der Waals surface area contributed by atoms with Gasteiger partial charge < -0.3 is 14.3 Å². The fourth-order valence-corrected chi connectivity index (χ4v) is 4.15. The van der Waals surface area contributed by atoms with Crippen molar-refractivity contribution >= 4 is 51.9 Å². The highest BCUT2D eigenvalue weighted by Gasteiger charge is 2.33. The van der Waals surface area contributed by atoms with Crippen molar-refractivity contribution in [1.29, 1.82) is 0 Å². The number of carbonyl (C=O) groups excluding carboxylic acids is 1. The van der Waals surface area contributed by atoms with Gasteiger partial charge in [0.2, 0.25) is 0 Å². The maximum atomic E-state index is 14.0. The molecule has 4 rings (SSSR count). The molecule has 0 radical (unpaired) electrons. The van der Waals surface area contributed by atoms with Crippen LogP contribution in [0.2, 0.25) is 0 Å². The van der Waals surface area contributed by atoms with Gasteiger partial charge in [-0.15, -0.1) is 0 Å². The van der Waals surface area contributed by atoms with Gasteiger partial charge in [0.05, 0.1) is 23.3 Å². The largest absolute Gasteiger partial charge is 0.494 e. The third-order valence-corrected chi connectivity index (χ3v) is 5.82. The lowest BCUT2D eigenvalue weighted by atomic mass is 10.1. The summed E-state index contributed by atoms with van der Waals surface area (Å²) in [4.78, 5) is 24.5. The summed E-state index contributed by atoms with van der Waals surface area (Å²) < 4.78 is 24.8. The molecule has 10 heteroatoms. The first-order valence-electron chi connectivity index (χ1n) is 9.18. The second kappa shape index (κ2) is 8.85. The summed E-state index contributed by atoms with van der Waals surface area (Å²) >= 11 is 6.32. The van der Waals surface area contributed by atoms with Gasteiger partial charge in [0.25, 0.3) is 5.91 Å². The van der Waals surface area contributed by atoms with E-state index in [1.807, 2.05) is 0 Å². The van der Waals surface area contributed by atoms with E-state index in [4.69, 9.17) is 21.4 Å². The number of nitrogens with one attached hydrogen (secondary N) is 1. The van der Waals surface area contributed by atoms with Crippen molar-refractivity contribution in [2.24, 2.45) is 0 Å². The lowest BCUT2D eigenvalue weighted by Crippen LogP contribution is -2.34. The molecule has 0 saturated carbocycles. The van der Waals surface area contributed by atoms with Gasteiger partial charge in [0, 0.05) is 11.6 Å². The first-order valence-corrected chi connectivity index (χ1v) is 10.4. The second-order valence-corrected chi connectivity index (χ2v) is 8.21. The van der Waals surface area contributed by atoms with Gasteiger partial charge in [-0.05, 0) is 54.7 Å². The molecule has 1 amide bonds. The summed E-state index contributed by atoms with van der Waals surface area (Å²) in [7, 11) is 1.38. The number of halogens is 1. The number of anilines is 1. The number of benzene rings is 2. The minimum atomic E-state index is -1.13. The molecule has 2 aromatic carbocycles. The third-order valence-electron chi connectivity index (χ3n) is 4.52. The van der Waals surface area contributed by atoms with E-state index < -0.39 is 17.7 Å². The normalized spacial score (nSPS) is 14.8. The zero-order valence-corrected chi connectivity index (χ0v) is 18.1. The molecule has 1 fully saturated rings. The molecule has 7 nitrogen and oxygen atoms in total. The molecule has 1 saturated heterocycles. The lowest BCUT2D eigenvalue weighted by molar-refractivity contribution is -0.121.